The Kier molecular flexibility index (Phi) is 5.73. The third-order valence-corrected chi connectivity index (χ3v) is 4.27. The number of carbonyl (C=O) groups is 1. The minimum atomic E-state index is -4.47. The molecule has 0 aliphatic heterocycles. The summed E-state index contributed by atoms with van der Waals surface area (Å²) >= 11 is 0. The average Bonchev–Trinajstić information content (AvgIpc) is 2.32. The van der Waals surface area contributed by atoms with Gasteiger partial charge in [0.05, 0.1) is 5.92 Å². The first kappa shape index (κ1) is 17.4. The van der Waals surface area contributed by atoms with Crippen LogP contribution in [0.15, 0.2) is 17.0 Å². The zero-order chi connectivity index (χ0) is 16.2. The Balaban J connectivity index is 2.73. The number of benzene rings is 1. The summed E-state index contributed by atoms with van der Waals surface area (Å²) in [4.78, 5) is 9.31. The summed E-state index contributed by atoms with van der Waals surface area (Å²) in [5, 5.41) is 8.64. The quantitative estimate of drug-likeness (QED) is 0.750. The molecule has 0 aliphatic carbocycles. The van der Waals surface area contributed by atoms with Gasteiger partial charge < -0.3 is 5.11 Å². The van der Waals surface area contributed by atoms with Crippen molar-refractivity contribution in [1.82, 2.24) is 4.72 Å². The largest absolute Gasteiger partial charge is 0.481 e. The molecule has 0 fully saturated rings. The fourth-order valence-corrected chi connectivity index (χ4v) is 2.78. The summed E-state index contributed by atoms with van der Waals surface area (Å²) in [7, 11) is -4.47. The van der Waals surface area contributed by atoms with Gasteiger partial charge in [0, 0.05) is 18.7 Å². The van der Waals surface area contributed by atoms with E-state index in [4.69, 9.17) is 5.11 Å². The molecular weight excluding hydrogens is 311 g/mol. The molecule has 0 heterocycles. The zero-order valence-corrected chi connectivity index (χ0v) is 11.9. The van der Waals surface area contributed by atoms with Gasteiger partial charge in [-0.3, -0.25) is 4.79 Å². The summed E-state index contributed by atoms with van der Waals surface area (Å²) in [6.45, 7) is 1.27. The van der Waals surface area contributed by atoms with Crippen molar-refractivity contribution in [1.29, 1.82) is 0 Å². The van der Waals surface area contributed by atoms with Crippen LogP contribution in [0.1, 0.15) is 19.8 Å². The summed E-state index contributed by atoms with van der Waals surface area (Å²) in [6, 6.07) is 0.536. The van der Waals surface area contributed by atoms with Crippen LogP contribution in [0.25, 0.3) is 0 Å². The number of aliphatic carboxylic acids is 1. The third kappa shape index (κ3) is 4.71. The standard InChI is InChI=1S/C12H14F3NO4S/c1-7(12(17)18)3-2-4-16-21(19,20)11-9(14)5-8(13)6-10(11)15/h5-7,16H,2-4H2,1H3,(H,17,18). The van der Waals surface area contributed by atoms with Crippen LogP contribution in [-0.2, 0) is 14.8 Å². The highest BCUT2D eigenvalue weighted by molar-refractivity contribution is 7.89. The number of halogens is 3. The van der Waals surface area contributed by atoms with Crippen molar-refractivity contribution in [2.24, 2.45) is 5.92 Å². The van der Waals surface area contributed by atoms with E-state index in [0.29, 0.717) is 0 Å². The van der Waals surface area contributed by atoms with E-state index in [1.54, 1.807) is 0 Å². The van der Waals surface area contributed by atoms with Crippen LogP contribution in [0, 0.1) is 23.4 Å². The molecule has 0 amide bonds. The van der Waals surface area contributed by atoms with E-state index in [1.165, 1.54) is 6.92 Å². The number of rotatable bonds is 7. The fraction of sp³-hybridized carbons (Fsp3) is 0.417. The first-order valence-electron chi connectivity index (χ1n) is 6.02. The Bertz CT molecular complexity index is 610. The molecule has 1 aromatic rings. The second-order valence-electron chi connectivity index (χ2n) is 4.48. The molecule has 21 heavy (non-hydrogen) atoms. The molecule has 1 unspecified atom stereocenters. The number of hydrogen-bond acceptors (Lipinski definition) is 3. The van der Waals surface area contributed by atoms with Crippen molar-refractivity contribution in [3.63, 3.8) is 0 Å². The molecule has 0 bridgehead atoms. The Labute approximate surface area is 119 Å². The molecule has 0 aromatic heterocycles. The number of sulfonamides is 1. The first-order chi connectivity index (χ1) is 9.65. The molecular formula is C12H14F3NO4S. The van der Waals surface area contributed by atoms with Crippen LogP contribution in [-0.4, -0.2) is 26.0 Å². The molecule has 0 saturated carbocycles. The highest BCUT2D eigenvalue weighted by Crippen LogP contribution is 2.20. The Morgan fingerprint density at radius 2 is 1.81 bits per heavy atom. The van der Waals surface area contributed by atoms with Crippen molar-refractivity contribution >= 4 is 16.0 Å². The van der Waals surface area contributed by atoms with Crippen LogP contribution in [0.2, 0.25) is 0 Å². The molecule has 0 saturated heterocycles. The maximum absolute atomic E-state index is 13.4. The highest BCUT2D eigenvalue weighted by Gasteiger charge is 2.24. The van der Waals surface area contributed by atoms with Gasteiger partial charge in [-0.05, 0) is 12.8 Å². The smallest absolute Gasteiger partial charge is 0.306 e. The average molecular weight is 325 g/mol. The Morgan fingerprint density at radius 3 is 2.29 bits per heavy atom. The van der Waals surface area contributed by atoms with E-state index in [1.807, 2.05) is 4.72 Å². The second kappa shape index (κ2) is 6.90. The molecule has 2 N–H and O–H groups in total. The monoisotopic (exact) mass is 325 g/mol. The van der Waals surface area contributed by atoms with E-state index < -0.39 is 44.3 Å². The number of carboxylic acids is 1. The van der Waals surface area contributed by atoms with Crippen LogP contribution < -0.4 is 4.72 Å². The molecule has 118 valence electrons. The number of hydrogen-bond donors (Lipinski definition) is 2. The molecule has 9 heteroatoms. The maximum atomic E-state index is 13.4. The SMILES string of the molecule is CC(CCCNS(=O)(=O)c1c(F)cc(F)cc1F)C(=O)O. The topological polar surface area (TPSA) is 83.5 Å². The molecule has 0 aliphatic rings. The van der Waals surface area contributed by atoms with Gasteiger partial charge in [-0.15, -0.1) is 0 Å². The normalized spacial score (nSPS) is 13.1. The van der Waals surface area contributed by atoms with Gasteiger partial charge in [0.15, 0.2) is 4.90 Å². The Morgan fingerprint density at radius 1 is 1.29 bits per heavy atom. The molecule has 1 aromatic carbocycles. The number of carboxylic acid groups (broad SMARTS) is 1. The predicted molar refractivity (Wildman–Crippen MR) is 67.5 cm³/mol. The van der Waals surface area contributed by atoms with Crippen LogP contribution >= 0.6 is 0 Å². The van der Waals surface area contributed by atoms with Gasteiger partial charge in [0.1, 0.15) is 17.5 Å². The van der Waals surface area contributed by atoms with Crippen molar-refractivity contribution in [3.8, 4) is 0 Å². The first-order valence-corrected chi connectivity index (χ1v) is 7.50. The van der Waals surface area contributed by atoms with Crippen LogP contribution in [0.5, 0.6) is 0 Å². The van der Waals surface area contributed by atoms with Crippen LogP contribution in [0.4, 0.5) is 13.2 Å². The zero-order valence-electron chi connectivity index (χ0n) is 11.1. The Hall–Kier alpha value is -1.61. The van der Waals surface area contributed by atoms with E-state index >= 15 is 0 Å². The summed E-state index contributed by atoms with van der Waals surface area (Å²) < 4.78 is 64.9. The summed E-state index contributed by atoms with van der Waals surface area (Å²) in [5.41, 5.74) is 0. The molecule has 1 atom stereocenters. The van der Waals surface area contributed by atoms with Gasteiger partial charge >= 0.3 is 5.97 Å². The number of nitrogens with one attached hydrogen (secondary N) is 1. The lowest BCUT2D eigenvalue weighted by Crippen LogP contribution is -2.27. The lowest BCUT2D eigenvalue weighted by molar-refractivity contribution is -0.141. The third-order valence-electron chi connectivity index (χ3n) is 2.76. The van der Waals surface area contributed by atoms with Crippen molar-refractivity contribution < 1.29 is 31.5 Å². The van der Waals surface area contributed by atoms with E-state index in [-0.39, 0.29) is 31.5 Å². The lowest BCUT2D eigenvalue weighted by atomic mass is 10.1. The highest BCUT2D eigenvalue weighted by atomic mass is 32.2. The summed E-state index contributed by atoms with van der Waals surface area (Å²) in [6.07, 6.45) is 0.378. The van der Waals surface area contributed by atoms with Gasteiger partial charge in [0.25, 0.3) is 0 Å². The van der Waals surface area contributed by atoms with E-state index in [9.17, 15) is 26.4 Å². The van der Waals surface area contributed by atoms with E-state index in [2.05, 4.69) is 0 Å². The van der Waals surface area contributed by atoms with Gasteiger partial charge in [0.2, 0.25) is 10.0 Å². The van der Waals surface area contributed by atoms with Crippen molar-refractivity contribution in [2.75, 3.05) is 6.54 Å². The minimum Gasteiger partial charge on any atom is -0.481 e. The minimum absolute atomic E-state index is 0.178. The van der Waals surface area contributed by atoms with Crippen molar-refractivity contribution in [3.05, 3.63) is 29.6 Å². The van der Waals surface area contributed by atoms with Gasteiger partial charge in [-0.25, -0.2) is 26.3 Å². The van der Waals surface area contributed by atoms with Gasteiger partial charge in [-0.2, -0.15) is 0 Å². The predicted octanol–water partition coefficient (Wildman–Crippen LogP) is 1.88. The van der Waals surface area contributed by atoms with Gasteiger partial charge in [-0.1, -0.05) is 6.92 Å². The van der Waals surface area contributed by atoms with Crippen LogP contribution in [0.3, 0.4) is 0 Å². The van der Waals surface area contributed by atoms with E-state index in [0.717, 1.165) is 0 Å². The molecule has 0 spiro atoms. The van der Waals surface area contributed by atoms with Crippen molar-refractivity contribution in [2.45, 2.75) is 24.7 Å². The molecule has 0 radical (unpaired) electrons. The second-order valence-corrected chi connectivity index (χ2v) is 6.18. The fourth-order valence-electron chi connectivity index (χ4n) is 1.60. The molecule has 1 rings (SSSR count). The molecule has 5 nitrogen and oxygen atoms in total. The maximum Gasteiger partial charge on any atom is 0.306 e. The summed E-state index contributed by atoms with van der Waals surface area (Å²) in [5.74, 6) is -5.96. The lowest BCUT2D eigenvalue weighted by Gasteiger charge is -2.10.